The molecule has 0 aliphatic rings. The number of hydrogen-bond acceptors (Lipinski definition) is 3. The third-order valence-electron chi connectivity index (χ3n) is 2.14. The molecule has 2 aromatic rings. The Labute approximate surface area is 93.3 Å². The van der Waals surface area contributed by atoms with Gasteiger partial charge < -0.3 is 10.6 Å². The van der Waals surface area contributed by atoms with E-state index in [1.165, 1.54) is 6.07 Å². The Morgan fingerprint density at radius 3 is 2.50 bits per heavy atom. The summed E-state index contributed by atoms with van der Waals surface area (Å²) < 4.78 is 13.4. The largest absolute Gasteiger partial charge is 0.373 e. The molecule has 0 fully saturated rings. The second-order valence-corrected chi connectivity index (χ2v) is 3.26. The predicted molar refractivity (Wildman–Crippen MR) is 63.5 cm³/mol. The van der Waals surface area contributed by atoms with Crippen molar-refractivity contribution >= 4 is 17.3 Å². The highest BCUT2D eigenvalue weighted by Gasteiger charge is 2.01. The number of para-hydroxylation sites is 1. The van der Waals surface area contributed by atoms with E-state index in [1.807, 2.05) is 12.1 Å². The van der Waals surface area contributed by atoms with E-state index >= 15 is 0 Å². The van der Waals surface area contributed by atoms with Crippen molar-refractivity contribution in [1.82, 2.24) is 4.98 Å². The van der Waals surface area contributed by atoms with Crippen LogP contribution in [0.25, 0.3) is 0 Å². The molecular formula is C12H12FN3. The summed E-state index contributed by atoms with van der Waals surface area (Å²) in [4.78, 5) is 4.24. The van der Waals surface area contributed by atoms with Crippen molar-refractivity contribution < 1.29 is 4.39 Å². The molecule has 4 heteroatoms. The molecule has 1 heterocycles. The van der Waals surface area contributed by atoms with E-state index in [0.29, 0.717) is 11.5 Å². The van der Waals surface area contributed by atoms with E-state index in [2.05, 4.69) is 15.6 Å². The van der Waals surface area contributed by atoms with Gasteiger partial charge in [-0.3, -0.25) is 0 Å². The molecular weight excluding hydrogens is 205 g/mol. The number of aromatic nitrogens is 1. The number of halogens is 1. The van der Waals surface area contributed by atoms with Crippen LogP contribution in [0.5, 0.6) is 0 Å². The normalized spacial score (nSPS) is 9.88. The van der Waals surface area contributed by atoms with E-state index in [1.54, 1.807) is 31.3 Å². The van der Waals surface area contributed by atoms with Gasteiger partial charge in [0, 0.05) is 7.05 Å². The van der Waals surface area contributed by atoms with Gasteiger partial charge >= 0.3 is 0 Å². The van der Waals surface area contributed by atoms with Gasteiger partial charge in [0.2, 0.25) is 0 Å². The molecule has 0 aliphatic heterocycles. The summed E-state index contributed by atoms with van der Waals surface area (Å²) in [5, 5.41) is 5.84. The number of pyridine rings is 1. The van der Waals surface area contributed by atoms with Crippen LogP contribution >= 0.6 is 0 Å². The zero-order chi connectivity index (χ0) is 11.4. The second kappa shape index (κ2) is 4.61. The van der Waals surface area contributed by atoms with Crippen molar-refractivity contribution in [3.63, 3.8) is 0 Å². The Balaban J connectivity index is 2.24. The molecule has 3 nitrogen and oxygen atoms in total. The summed E-state index contributed by atoms with van der Waals surface area (Å²) in [6.07, 6.45) is 0. The predicted octanol–water partition coefficient (Wildman–Crippen LogP) is 3.01. The highest BCUT2D eigenvalue weighted by Crippen LogP contribution is 2.18. The third-order valence-corrected chi connectivity index (χ3v) is 2.14. The maximum absolute atomic E-state index is 13.4. The summed E-state index contributed by atoms with van der Waals surface area (Å²) in [5.74, 6) is 1.05. The molecule has 2 N–H and O–H groups in total. The number of rotatable bonds is 3. The zero-order valence-corrected chi connectivity index (χ0v) is 8.87. The maximum atomic E-state index is 13.4. The summed E-state index contributed by atoms with van der Waals surface area (Å²) >= 11 is 0. The smallest absolute Gasteiger partial charge is 0.146 e. The molecule has 0 atom stereocenters. The fourth-order valence-electron chi connectivity index (χ4n) is 1.34. The summed E-state index contributed by atoms with van der Waals surface area (Å²) in [6.45, 7) is 0. The lowest BCUT2D eigenvalue weighted by molar-refractivity contribution is 0.632. The van der Waals surface area contributed by atoms with Crippen LogP contribution in [0.2, 0.25) is 0 Å². The van der Waals surface area contributed by atoms with Gasteiger partial charge in [0.1, 0.15) is 17.5 Å². The number of nitrogens with zero attached hydrogens (tertiary/aromatic N) is 1. The minimum absolute atomic E-state index is 0.292. The molecule has 1 aromatic heterocycles. The van der Waals surface area contributed by atoms with E-state index < -0.39 is 0 Å². The van der Waals surface area contributed by atoms with Crippen molar-refractivity contribution in [2.24, 2.45) is 0 Å². The molecule has 0 bridgehead atoms. The van der Waals surface area contributed by atoms with Crippen LogP contribution < -0.4 is 10.6 Å². The van der Waals surface area contributed by atoms with Crippen LogP contribution in [0.3, 0.4) is 0 Å². The van der Waals surface area contributed by atoms with Crippen molar-refractivity contribution in [2.75, 3.05) is 17.7 Å². The Bertz CT molecular complexity index is 485. The van der Waals surface area contributed by atoms with Crippen LogP contribution in [0, 0.1) is 5.82 Å². The van der Waals surface area contributed by atoms with Crippen molar-refractivity contribution in [2.45, 2.75) is 0 Å². The number of benzene rings is 1. The van der Waals surface area contributed by atoms with Crippen molar-refractivity contribution in [3.8, 4) is 0 Å². The summed E-state index contributed by atoms with van der Waals surface area (Å²) in [5.41, 5.74) is 0.420. The van der Waals surface area contributed by atoms with Gasteiger partial charge in [0.05, 0.1) is 5.69 Å². The topological polar surface area (TPSA) is 37.0 Å². The Morgan fingerprint density at radius 2 is 1.75 bits per heavy atom. The fraction of sp³-hybridized carbons (Fsp3) is 0.0833. The molecule has 82 valence electrons. The average Bonchev–Trinajstić information content (AvgIpc) is 2.32. The van der Waals surface area contributed by atoms with Gasteiger partial charge in [-0.25, -0.2) is 9.37 Å². The van der Waals surface area contributed by atoms with Gasteiger partial charge in [0.15, 0.2) is 0 Å². The minimum Gasteiger partial charge on any atom is -0.373 e. The fourth-order valence-corrected chi connectivity index (χ4v) is 1.34. The lowest BCUT2D eigenvalue weighted by Gasteiger charge is -2.07. The van der Waals surface area contributed by atoms with E-state index in [-0.39, 0.29) is 5.82 Å². The first-order chi connectivity index (χ1) is 7.79. The lowest BCUT2D eigenvalue weighted by Crippen LogP contribution is -1.98. The molecule has 0 aliphatic carbocycles. The number of hydrogen-bond donors (Lipinski definition) is 2. The van der Waals surface area contributed by atoms with Crippen LogP contribution in [-0.2, 0) is 0 Å². The van der Waals surface area contributed by atoms with Crippen molar-refractivity contribution in [1.29, 1.82) is 0 Å². The molecule has 16 heavy (non-hydrogen) atoms. The van der Waals surface area contributed by atoms with E-state index in [0.717, 1.165) is 5.82 Å². The highest BCUT2D eigenvalue weighted by molar-refractivity contribution is 5.58. The third kappa shape index (κ3) is 2.28. The SMILES string of the molecule is CNc1cccc(Nc2ccccc2F)n1. The lowest BCUT2D eigenvalue weighted by atomic mass is 10.3. The van der Waals surface area contributed by atoms with Crippen molar-refractivity contribution in [3.05, 3.63) is 48.3 Å². The molecule has 0 spiro atoms. The first-order valence-electron chi connectivity index (χ1n) is 4.96. The first-order valence-corrected chi connectivity index (χ1v) is 4.96. The molecule has 2 rings (SSSR count). The molecule has 0 radical (unpaired) electrons. The van der Waals surface area contributed by atoms with Crippen LogP contribution in [0.1, 0.15) is 0 Å². The van der Waals surface area contributed by atoms with Gasteiger partial charge in [-0.05, 0) is 24.3 Å². The molecule has 1 aromatic carbocycles. The Morgan fingerprint density at radius 1 is 1.00 bits per heavy atom. The van der Waals surface area contributed by atoms with Crippen LogP contribution in [0.15, 0.2) is 42.5 Å². The Hall–Kier alpha value is -2.10. The standard InChI is InChI=1S/C12H12FN3/c1-14-11-7-4-8-12(16-11)15-10-6-3-2-5-9(10)13/h2-8H,1H3,(H2,14,15,16). The Kier molecular flexibility index (Phi) is 3.00. The molecule has 0 saturated carbocycles. The zero-order valence-electron chi connectivity index (χ0n) is 8.87. The molecule has 0 saturated heterocycles. The minimum atomic E-state index is -0.292. The van der Waals surface area contributed by atoms with Gasteiger partial charge in [-0.2, -0.15) is 0 Å². The maximum Gasteiger partial charge on any atom is 0.146 e. The van der Waals surface area contributed by atoms with Crippen LogP contribution in [-0.4, -0.2) is 12.0 Å². The van der Waals surface area contributed by atoms with Gasteiger partial charge in [-0.1, -0.05) is 18.2 Å². The van der Waals surface area contributed by atoms with E-state index in [4.69, 9.17) is 0 Å². The average molecular weight is 217 g/mol. The quantitative estimate of drug-likeness (QED) is 0.829. The second-order valence-electron chi connectivity index (χ2n) is 3.26. The molecule has 0 unspecified atom stereocenters. The van der Waals surface area contributed by atoms with Crippen LogP contribution in [0.4, 0.5) is 21.7 Å². The first kappa shape index (κ1) is 10.4. The molecule has 0 amide bonds. The highest BCUT2D eigenvalue weighted by atomic mass is 19.1. The monoisotopic (exact) mass is 217 g/mol. The number of nitrogens with one attached hydrogen (secondary N) is 2. The summed E-state index contributed by atoms with van der Waals surface area (Å²) in [7, 11) is 1.79. The summed E-state index contributed by atoms with van der Waals surface area (Å²) in [6, 6.07) is 12.0. The van der Waals surface area contributed by atoms with E-state index in [9.17, 15) is 4.39 Å². The van der Waals surface area contributed by atoms with Gasteiger partial charge in [-0.15, -0.1) is 0 Å². The number of anilines is 3. The van der Waals surface area contributed by atoms with Gasteiger partial charge in [0.25, 0.3) is 0 Å².